The Morgan fingerprint density at radius 3 is 2.20 bits per heavy atom. The van der Waals surface area contributed by atoms with E-state index in [9.17, 15) is 9.59 Å². The Kier molecular flexibility index (Phi) is 5.33. The first-order valence-electron chi connectivity index (χ1n) is 5.22. The number of ketones is 1. The average molecular weight is 215 g/mol. The number of likely N-dealkylation sites (N-methyl/N-ethyl adjacent to an activating group) is 1. The van der Waals surface area contributed by atoms with Crippen molar-refractivity contribution in [2.45, 2.75) is 46.1 Å². The minimum Gasteiger partial charge on any atom is -0.444 e. The van der Waals surface area contributed by atoms with Crippen molar-refractivity contribution in [3.63, 3.8) is 0 Å². The van der Waals surface area contributed by atoms with Crippen LogP contribution in [0.2, 0.25) is 0 Å². The van der Waals surface area contributed by atoms with Crippen LogP contribution < -0.4 is 0 Å². The Morgan fingerprint density at radius 2 is 1.80 bits per heavy atom. The molecule has 0 aliphatic carbocycles. The number of ether oxygens (including phenoxy) is 1. The molecule has 0 saturated heterocycles. The van der Waals surface area contributed by atoms with Gasteiger partial charge >= 0.3 is 6.09 Å². The van der Waals surface area contributed by atoms with Crippen molar-refractivity contribution < 1.29 is 14.3 Å². The quantitative estimate of drug-likeness (QED) is 0.722. The average Bonchev–Trinajstić information content (AvgIpc) is 2.00. The first-order valence-corrected chi connectivity index (χ1v) is 5.22. The van der Waals surface area contributed by atoms with Crippen molar-refractivity contribution in [2.75, 3.05) is 13.6 Å². The summed E-state index contributed by atoms with van der Waals surface area (Å²) in [5.74, 6) is 0.0610. The zero-order chi connectivity index (χ0) is 12.1. The highest BCUT2D eigenvalue weighted by Gasteiger charge is 2.20. The van der Waals surface area contributed by atoms with E-state index in [1.54, 1.807) is 27.8 Å². The molecule has 0 aliphatic rings. The normalized spacial score (nSPS) is 11.0. The van der Waals surface area contributed by atoms with Crippen LogP contribution in [0.15, 0.2) is 0 Å². The molecule has 0 fully saturated rings. The third-order valence-corrected chi connectivity index (χ3v) is 1.65. The second kappa shape index (κ2) is 5.73. The molecule has 0 rings (SSSR count). The monoisotopic (exact) mass is 215 g/mol. The van der Waals surface area contributed by atoms with Crippen molar-refractivity contribution in [1.82, 2.24) is 4.90 Å². The van der Waals surface area contributed by atoms with Crippen LogP contribution in [0.25, 0.3) is 0 Å². The highest BCUT2D eigenvalue weighted by Crippen LogP contribution is 2.09. The van der Waals surface area contributed by atoms with Crippen LogP contribution in [0.4, 0.5) is 4.79 Å². The van der Waals surface area contributed by atoms with Gasteiger partial charge in [-0.2, -0.15) is 0 Å². The van der Waals surface area contributed by atoms with Crippen molar-refractivity contribution >= 4 is 11.9 Å². The van der Waals surface area contributed by atoms with E-state index in [0.717, 1.165) is 6.42 Å². The molecule has 0 aromatic heterocycles. The summed E-state index contributed by atoms with van der Waals surface area (Å²) in [5.41, 5.74) is -0.515. The summed E-state index contributed by atoms with van der Waals surface area (Å²) in [7, 11) is 1.57. The van der Waals surface area contributed by atoms with Gasteiger partial charge in [0.05, 0.1) is 6.54 Å². The summed E-state index contributed by atoms with van der Waals surface area (Å²) < 4.78 is 5.11. The lowest BCUT2D eigenvalue weighted by atomic mass is 10.2. The highest BCUT2D eigenvalue weighted by atomic mass is 16.6. The molecule has 4 nitrogen and oxygen atoms in total. The number of rotatable bonds is 4. The maximum Gasteiger partial charge on any atom is 0.410 e. The minimum absolute atomic E-state index is 0.0610. The molecule has 0 unspecified atom stereocenters. The first-order chi connectivity index (χ1) is 6.76. The molecule has 0 aromatic rings. The minimum atomic E-state index is -0.515. The molecule has 1 amide bonds. The van der Waals surface area contributed by atoms with E-state index >= 15 is 0 Å². The molecule has 0 saturated carbocycles. The Hall–Kier alpha value is -1.06. The number of carbonyl (C=O) groups is 2. The van der Waals surface area contributed by atoms with E-state index < -0.39 is 11.7 Å². The van der Waals surface area contributed by atoms with Crippen LogP contribution in [0.3, 0.4) is 0 Å². The second-order valence-corrected chi connectivity index (χ2v) is 4.63. The molecule has 0 heterocycles. The zero-order valence-corrected chi connectivity index (χ0v) is 10.3. The summed E-state index contributed by atoms with van der Waals surface area (Å²) in [6, 6.07) is 0. The Labute approximate surface area is 91.6 Å². The number of amides is 1. The third-order valence-electron chi connectivity index (χ3n) is 1.65. The summed E-state index contributed by atoms with van der Waals surface area (Å²) in [6.07, 6.45) is 0.862. The van der Waals surface area contributed by atoms with E-state index in [0.29, 0.717) is 6.42 Å². The van der Waals surface area contributed by atoms with Crippen molar-refractivity contribution in [3.05, 3.63) is 0 Å². The number of hydrogen-bond donors (Lipinski definition) is 0. The van der Waals surface area contributed by atoms with E-state index in [4.69, 9.17) is 4.74 Å². The molecule has 0 atom stereocenters. The van der Waals surface area contributed by atoms with Gasteiger partial charge in [0, 0.05) is 13.5 Å². The van der Waals surface area contributed by atoms with E-state index in [1.807, 2.05) is 6.92 Å². The van der Waals surface area contributed by atoms with Gasteiger partial charge in [-0.05, 0) is 27.2 Å². The lowest BCUT2D eigenvalue weighted by molar-refractivity contribution is -0.120. The van der Waals surface area contributed by atoms with Gasteiger partial charge < -0.3 is 9.64 Å². The lowest BCUT2D eigenvalue weighted by Crippen LogP contribution is -2.37. The third kappa shape index (κ3) is 6.94. The van der Waals surface area contributed by atoms with E-state index in [-0.39, 0.29) is 12.3 Å². The molecule has 15 heavy (non-hydrogen) atoms. The van der Waals surface area contributed by atoms with Crippen LogP contribution in [-0.2, 0) is 9.53 Å². The zero-order valence-electron chi connectivity index (χ0n) is 10.3. The molecule has 0 radical (unpaired) electrons. The topological polar surface area (TPSA) is 46.6 Å². The van der Waals surface area contributed by atoms with Crippen molar-refractivity contribution in [3.8, 4) is 0 Å². The first kappa shape index (κ1) is 13.9. The summed E-state index contributed by atoms with van der Waals surface area (Å²) in [6.45, 7) is 7.46. The molecular formula is C11H21NO3. The maximum atomic E-state index is 11.4. The molecule has 4 heteroatoms. The van der Waals surface area contributed by atoms with E-state index in [2.05, 4.69) is 0 Å². The number of Topliss-reactive ketones (excluding diaryl/α,β-unsaturated/α-hetero) is 1. The van der Waals surface area contributed by atoms with Crippen LogP contribution in [0.5, 0.6) is 0 Å². The molecule has 0 spiro atoms. The van der Waals surface area contributed by atoms with Gasteiger partial charge in [0.2, 0.25) is 0 Å². The van der Waals surface area contributed by atoms with Crippen molar-refractivity contribution in [2.24, 2.45) is 0 Å². The SMILES string of the molecule is CCCC(=O)CN(C)C(=O)OC(C)(C)C. The summed E-state index contributed by atoms with van der Waals surface area (Å²) in [4.78, 5) is 24.0. The van der Waals surface area contributed by atoms with Gasteiger partial charge in [-0.25, -0.2) is 4.79 Å². The molecule has 0 N–H and O–H groups in total. The standard InChI is InChI=1S/C11H21NO3/c1-6-7-9(13)8-12(5)10(14)15-11(2,3)4/h6-8H2,1-5H3. The molecule has 0 bridgehead atoms. The summed E-state index contributed by atoms with van der Waals surface area (Å²) >= 11 is 0. The second-order valence-electron chi connectivity index (χ2n) is 4.63. The Bertz CT molecular complexity index is 230. The fourth-order valence-electron chi connectivity index (χ4n) is 1.03. The Morgan fingerprint density at radius 1 is 1.27 bits per heavy atom. The molecule has 88 valence electrons. The maximum absolute atomic E-state index is 11.4. The lowest BCUT2D eigenvalue weighted by Gasteiger charge is -2.24. The van der Waals surface area contributed by atoms with Gasteiger partial charge in [0.15, 0.2) is 5.78 Å². The number of hydrogen-bond acceptors (Lipinski definition) is 3. The highest BCUT2D eigenvalue weighted by molar-refractivity contribution is 5.83. The van der Waals surface area contributed by atoms with Crippen LogP contribution in [0, 0.1) is 0 Å². The molecule has 0 aromatic carbocycles. The molecule has 0 aliphatic heterocycles. The predicted molar refractivity (Wildman–Crippen MR) is 58.8 cm³/mol. The van der Waals surface area contributed by atoms with E-state index in [1.165, 1.54) is 4.90 Å². The van der Waals surface area contributed by atoms with Crippen LogP contribution >= 0.6 is 0 Å². The molecular weight excluding hydrogens is 194 g/mol. The summed E-state index contributed by atoms with van der Waals surface area (Å²) in [5, 5.41) is 0. The van der Waals surface area contributed by atoms with Gasteiger partial charge in [0.25, 0.3) is 0 Å². The number of nitrogens with zero attached hydrogens (tertiary/aromatic N) is 1. The largest absolute Gasteiger partial charge is 0.444 e. The van der Waals surface area contributed by atoms with Crippen LogP contribution in [0.1, 0.15) is 40.5 Å². The van der Waals surface area contributed by atoms with Crippen molar-refractivity contribution in [1.29, 1.82) is 0 Å². The Balaban J connectivity index is 4.05. The van der Waals surface area contributed by atoms with Gasteiger partial charge in [-0.1, -0.05) is 6.92 Å². The van der Waals surface area contributed by atoms with Crippen LogP contribution in [-0.4, -0.2) is 36.0 Å². The van der Waals surface area contributed by atoms with Gasteiger partial charge in [0.1, 0.15) is 5.60 Å². The fourth-order valence-corrected chi connectivity index (χ4v) is 1.03. The van der Waals surface area contributed by atoms with Gasteiger partial charge in [-0.3, -0.25) is 4.79 Å². The predicted octanol–water partition coefficient (Wildman–Crippen LogP) is 2.22. The smallest absolute Gasteiger partial charge is 0.410 e. The fraction of sp³-hybridized carbons (Fsp3) is 0.818. The van der Waals surface area contributed by atoms with Gasteiger partial charge in [-0.15, -0.1) is 0 Å². The number of carbonyl (C=O) groups excluding carboxylic acids is 2.